The van der Waals surface area contributed by atoms with Crippen LogP contribution in [0.5, 0.6) is 0 Å². The summed E-state index contributed by atoms with van der Waals surface area (Å²) in [5.41, 5.74) is 0.881. The zero-order valence-electron chi connectivity index (χ0n) is 10.3. The van der Waals surface area contributed by atoms with Crippen molar-refractivity contribution < 1.29 is 8.42 Å². The Balaban J connectivity index is 1.83. The van der Waals surface area contributed by atoms with Gasteiger partial charge >= 0.3 is 0 Å². The summed E-state index contributed by atoms with van der Waals surface area (Å²) in [5, 5.41) is 3.23. The molecule has 5 nitrogen and oxygen atoms in total. The predicted octanol–water partition coefficient (Wildman–Crippen LogP) is 0.501. The fraction of sp³-hybridized carbons (Fsp3) is 0.583. The van der Waals surface area contributed by atoms with Gasteiger partial charge in [0, 0.05) is 18.9 Å². The lowest BCUT2D eigenvalue weighted by Gasteiger charge is -2.22. The maximum absolute atomic E-state index is 11.9. The highest BCUT2D eigenvalue weighted by molar-refractivity contribution is 7.89. The summed E-state index contributed by atoms with van der Waals surface area (Å²) in [7, 11) is -3.18. The van der Waals surface area contributed by atoms with Crippen LogP contribution in [-0.2, 0) is 16.6 Å². The summed E-state index contributed by atoms with van der Waals surface area (Å²) in [6.07, 6.45) is 5.22. The first-order chi connectivity index (χ1) is 8.66. The molecule has 6 heteroatoms. The number of piperidine rings is 1. The maximum atomic E-state index is 11.9. The monoisotopic (exact) mass is 269 g/mol. The molecule has 0 unspecified atom stereocenters. The number of hydrogen-bond acceptors (Lipinski definition) is 4. The molecule has 18 heavy (non-hydrogen) atoms. The van der Waals surface area contributed by atoms with Crippen molar-refractivity contribution >= 4 is 10.0 Å². The Hall–Kier alpha value is -0.980. The number of rotatable bonds is 5. The van der Waals surface area contributed by atoms with Crippen molar-refractivity contribution in [3.05, 3.63) is 30.1 Å². The first kappa shape index (κ1) is 13.5. The van der Waals surface area contributed by atoms with Crippen molar-refractivity contribution in [2.24, 2.45) is 5.92 Å². The van der Waals surface area contributed by atoms with Crippen molar-refractivity contribution in [3.8, 4) is 0 Å². The van der Waals surface area contributed by atoms with Gasteiger partial charge in [-0.2, -0.15) is 0 Å². The molecule has 0 amide bonds. The summed E-state index contributed by atoms with van der Waals surface area (Å²) in [5.74, 6) is 0.507. The Bertz CT molecular complexity index is 455. The van der Waals surface area contributed by atoms with E-state index in [-0.39, 0.29) is 11.7 Å². The lowest BCUT2D eigenvalue weighted by molar-refractivity contribution is 0.400. The van der Waals surface area contributed by atoms with Gasteiger partial charge in [-0.25, -0.2) is 13.1 Å². The standard InChI is InChI=1S/C12H19N3O2S/c16-18(17,10-11-3-6-13-7-4-11)15-9-12-2-1-5-14-8-12/h1-2,5,8,11,13,15H,3-4,6-7,9-10H2. The minimum Gasteiger partial charge on any atom is -0.317 e. The third kappa shape index (κ3) is 4.36. The van der Waals surface area contributed by atoms with E-state index >= 15 is 0 Å². The van der Waals surface area contributed by atoms with Gasteiger partial charge in [0.15, 0.2) is 0 Å². The average molecular weight is 269 g/mol. The van der Waals surface area contributed by atoms with E-state index in [1.807, 2.05) is 6.07 Å². The van der Waals surface area contributed by atoms with Gasteiger partial charge in [-0.1, -0.05) is 6.07 Å². The molecule has 0 saturated carbocycles. The molecule has 100 valence electrons. The molecule has 2 rings (SSSR count). The quantitative estimate of drug-likeness (QED) is 0.816. The fourth-order valence-electron chi connectivity index (χ4n) is 2.11. The van der Waals surface area contributed by atoms with Crippen LogP contribution in [0, 0.1) is 5.92 Å². The number of pyridine rings is 1. The van der Waals surface area contributed by atoms with Gasteiger partial charge in [-0.05, 0) is 43.5 Å². The van der Waals surface area contributed by atoms with Gasteiger partial charge in [-0.15, -0.1) is 0 Å². The summed E-state index contributed by atoms with van der Waals surface area (Å²) in [4.78, 5) is 3.96. The molecule has 1 aromatic rings. The van der Waals surface area contributed by atoms with E-state index in [0.717, 1.165) is 31.5 Å². The van der Waals surface area contributed by atoms with Gasteiger partial charge < -0.3 is 5.32 Å². The molecule has 1 fully saturated rings. The van der Waals surface area contributed by atoms with Crippen molar-refractivity contribution in [1.82, 2.24) is 15.0 Å². The molecule has 2 heterocycles. The number of nitrogens with one attached hydrogen (secondary N) is 2. The number of hydrogen-bond donors (Lipinski definition) is 2. The molecule has 0 atom stereocenters. The van der Waals surface area contributed by atoms with Crippen LogP contribution >= 0.6 is 0 Å². The topological polar surface area (TPSA) is 71.1 Å². The number of sulfonamides is 1. The molecular weight excluding hydrogens is 250 g/mol. The third-order valence-corrected chi connectivity index (χ3v) is 4.63. The van der Waals surface area contributed by atoms with Crippen LogP contribution in [0.4, 0.5) is 0 Å². The van der Waals surface area contributed by atoms with Crippen LogP contribution in [0.25, 0.3) is 0 Å². The van der Waals surface area contributed by atoms with E-state index in [9.17, 15) is 8.42 Å². The Morgan fingerprint density at radius 1 is 1.39 bits per heavy atom. The Labute approximate surface area is 108 Å². The Morgan fingerprint density at radius 2 is 2.17 bits per heavy atom. The molecule has 1 saturated heterocycles. The molecule has 0 radical (unpaired) electrons. The van der Waals surface area contributed by atoms with Crippen LogP contribution in [0.3, 0.4) is 0 Å². The lowest BCUT2D eigenvalue weighted by atomic mass is 10.0. The van der Waals surface area contributed by atoms with Crippen LogP contribution in [0.1, 0.15) is 18.4 Å². The van der Waals surface area contributed by atoms with E-state index in [4.69, 9.17) is 0 Å². The first-order valence-corrected chi connectivity index (χ1v) is 7.88. The molecule has 2 N–H and O–H groups in total. The average Bonchev–Trinajstić information content (AvgIpc) is 2.38. The van der Waals surface area contributed by atoms with E-state index < -0.39 is 10.0 Å². The van der Waals surface area contributed by atoms with Crippen molar-refractivity contribution in [3.63, 3.8) is 0 Å². The molecule has 1 aliphatic rings. The predicted molar refractivity (Wildman–Crippen MR) is 70.5 cm³/mol. The number of aromatic nitrogens is 1. The largest absolute Gasteiger partial charge is 0.317 e. The normalized spacial score (nSPS) is 17.8. The maximum Gasteiger partial charge on any atom is 0.212 e. The van der Waals surface area contributed by atoms with Gasteiger partial charge in [0.05, 0.1) is 5.75 Å². The molecular formula is C12H19N3O2S. The van der Waals surface area contributed by atoms with Crippen LogP contribution < -0.4 is 10.0 Å². The second kappa shape index (κ2) is 6.26. The molecule has 0 bridgehead atoms. The Kier molecular flexibility index (Phi) is 4.68. The van der Waals surface area contributed by atoms with Crippen molar-refractivity contribution in [2.75, 3.05) is 18.8 Å². The molecule has 0 spiro atoms. The van der Waals surface area contributed by atoms with Crippen molar-refractivity contribution in [2.45, 2.75) is 19.4 Å². The van der Waals surface area contributed by atoms with Crippen LogP contribution in [-0.4, -0.2) is 32.2 Å². The third-order valence-electron chi connectivity index (χ3n) is 3.13. The zero-order chi connectivity index (χ0) is 12.8. The van der Waals surface area contributed by atoms with E-state index in [1.165, 1.54) is 0 Å². The van der Waals surface area contributed by atoms with E-state index in [2.05, 4.69) is 15.0 Å². The van der Waals surface area contributed by atoms with Crippen LogP contribution in [0.15, 0.2) is 24.5 Å². The first-order valence-electron chi connectivity index (χ1n) is 6.23. The summed E-state index contributed by atoms with van der Waals surface area (Å²) in [6.45, 7) is 2.16. The van der Waals surface area contributed by atoms with Crippen molar-refractivity contribution in [1.29, 1.82) is 0 Å². The van der Waals surface area contributed by atoms with Gasteiger partial charge in [0.2, 0.25) is 10.0 Å². The molecule has 1 aromatic heterocycles. The van der Waals surface area contributed by atoms with E-state index in [0.29, 0.717) is 6.54 Å². The molecule has 0 aromatic carbocycles. The lowest BCUT2D eigenvalue weighted by Crippen LogP contribution is -2.35. The minimum absolute atomic E-state index is 0.231. The van der Waals surface area contributed by atoms with Crippen LogP contribution in [0.2, 0.25) is 0 Å². The minimum atomic E-state index is -3.18. The highest BCUT2D eigenvalue weighted by atomic mass is 32.2. The SMILES string of the molecule is O=S(=O)(CC1CCNCC1)NCc1cccnc1. The summed E-state index contributed by atoms with van der Waals surface area (Å²) >= 11 is 0. The van der Waals surface area contributed by atoms with E-state index in [1.54, 1.807) is 18.5 Å². The van der Waals surface area contributed by atoms with Gasteiger partial charge in [0.1, 0.15) is 0 Å². The molecule has 0 aliphatic carbocycles. The van der Waals surface area contributed by atoms with Gasteiger partial charge in [-0.3, -0.25) is 4.98 Å². The summed E-state index contributed by atoms with van der Waals surface area (Å²) in [6, 6.07) is 3.66. The fourth-order valence-corrected chi connectivity index (χ4v) is 3.57. The zero-order valence-corrected chi connectivity index (χ0v) is 11.1. The Morgan fingerprint density at radius 3 is 2.83 bits per heavy atom. The summed E-state index contributed by atoms with van der Waals surface area (Å²) < 4.78 is 26.5. The highest BCUT2D eigenvalue weighted by Gasteiger charge is 2.20. The second-order valence-electron chi connectivity index (χ2n) is 4.66. The second-order valence-corrected chi connectivity index (χ2v) is 6.51. The molecule has 1 aliphatic heterocycles. The smallest absolute Gasteiger partial charge is 0.212 e. The highest BCUT2D eigenvalue weighted by Crippen LogP contribution is 2.13. The van der Waals surface area contributed by atoms with Gasteiger partial charge in [0.25, 0.3) is 0 Å². The number of nitrogens with zero attached hydrogens (tertiary/aromatic N) is 1.